The summed E-state index contributed by atoms with van der Waals surface area (Å²) < 4.78 is 7.05. The van der Waals surface area contributed by atoms with Crippen molar-refractivity contribution in [3.05, 3.63) is 17.5 Å². The molecule has 1 fully saturated rings. The molecule has 0 aliphatic heterocycles. The number of aromatic nitrogens is 2. The van der Waals surface area contributed by atoms with Gasteiger partial charge >= 0.3 is 5.97 Å². The molecule has 1 N–H and O–H groups in total. The maximum absolute atomic E-state index is 12.4. The molecule has 1 heterocycles. The van der Waals surface area contributed by atoms with Crippen LogP contribution in [-0.4, -0.2) is 28.4 Å². The highest BCUT2D eigenvalue weighted by molar-refractivity contribution is 5.78. The number of nitrogens with zero attached hydrogens (tertiary/aromatic N) is 2. The molecule has 0 bridgehead atoms. The molecule has 1 aliphatic carbocycles. The largest absolute Gasteiger partial charge is 0.465 e. The Morgan fingerprint density at radius 2 is 2.14 bits per heavy atom. The van der Waals surface area contributed by atoms with Gasteiger partial charge in [0.2, 0.25) is 0 Å². The van der Waals surface area contributed by atoms with Gasteiger partial charge < -0.3 is 4.74 Å². The highest BCUT2D eigenvalue weighted by Crippen LogP contribution is 2.24. The first-order valence-electron chi connectivity index (χ1n) is 8.10. The first-order valence-corrected chi connectivity index (χ1v) is 8.10. The molecule has 0 saturated heterocycles. The van der Waals surface area contributed by atoms with E-state index in [-0.39, 0.29) is 5.97 Å². The minimum absolute atomic E-state index is 0.189. The van der Waals surface area contributed by atoms with Crippen molar-refractivity contribution in [3.8, 4) is 0 Å². The molecule has 0 amide bonds. The van der Waals surface area contributed by atoms with Gasteiger partial charge in [-0.2, -0.15) is 5.10 Å². The zero-order chi connectivity index (χ0) is 15.2. The van der Waals surface area contributed by atoms with Gasteiger partial charge in [0.1, 0.15) is 6.04 Å². The van der Waals surface area contributed by atoms with Crippen LogP contribution in [0.15, 0.2) is 6.20 Å². The predicted octanol–water partition coefficient (Wildman–Crippen LogP) is 2.51. The number of ether oxygens (including phenoxy) is 1. The molecule has 1 atom stereocenters. The van der Waals surface area contributed by atoms with Crippen molar-refractivity contribution >= 4 is 5.97 Å². The highest BCUT2D eigenvalue weighted by Gasteiger charge is 2.29. The van der Waals surface area contributed by atoms with Crippen molar-refractivity contribution in [2.75, 3.05) is 6.61 Å². The molecular weight excluding hydrogens is 266 g/mol. The van der Waals surface area contributed by atoms with E-state index < -0.39 is 6.04 Å². The molecule has 0 aromatic carbocycles. The Labute approximate surface area is 127 Å². The number of hydrogen-bond donors (Lipinski definition) is 1. The van der Waals surface area contributed by atoms with Gasteiger partial charge in [-0.3, -0.25) is 10.00 Å². The van der Waals surface area contributed by atoms with Crippen LogP contribution in [0.3, 0.4) is 0 Å². The maximum Gasteiger partial charge on any atom is 0.327 e. The Hall–Kier alpha value is -1.36. The fourth-order valence-electron chi connectivity index (χ4n) is 3.08. The van der Waals surface area contributed by atoms with Gasteiger partial charge in [0, 0.05) is 24.8 Å². The van der Waals surface area contributed by atoms with Crippen molar-refractivity contribution in [2.24, 2.45) is 7.05 Å². The Bertz CT molecular complexity index is 464. The van der Waals surface area contributed by atoms with E-state index in [2.05, 4.69) is 17.3 Å². The zero-order valence-corrected chi connectivity index (χ0v) is 13.4. The van der Waals surface area contributed by atoms with E-state index >= 15 is 0 Å². The van der Waals surface area contributed by atoms with E-state index in [0.717, 1.165) is 30.5 Å². The van der Waals surface area contributed by atoms with Gasteiger partial charge in [-0.1, -0.05) is 26.2 Å². The van der Waals surface area contributed by atoms with E-state index in [4.69, 9.17) is 4.74 Å². The molecule has 1 unspecified atom stereocenters. The number of nitrogens with one attached hydrogen (secondary N) is 1. The van der Waals surface area contributed by atoms with Gasteiger partial charge in [0.05, 0.1) is 12.3 Å². The Morgan fingerprint density at radius 3 is 2.76 bits per heavy atom. The number of aryl methyl sites for hydroxylation is 2. The van der Waals surface area contributed by atoms with Crippen LogP contribution in [0.1, 0.15) is 63.3 Å². The second-order valence-corrected chi connectivity index (χ2v) is 5.75. The summed E-state index contributed by atoms with van der Waals surface area (Å²) in [6.45, 7) is 4.32. The van der Waals surface area contributed by atoms with Crippen LogP contribution in [0.2, 0.25) is 0 Å². The molecule has 1 aromatic heterocycles. The lowest BCUT2D eigenvalue weighted by Gasteiger charge is -2.27. The van der Waals surface area contributed by atoms with E-state index in [1.54, 1.807) is 4.68 Å². The van der Waals surface area contributed by atoms with Gasteiger partial charge in [0.15, 0.2) is 0 Å². The van der Waals surface area contributed by atoms with Crippen LogP contribution >= 0.6 is 0 Å². The lowest BCUT2D eigenvalue weighted by molar-refractivity contribution is -0.146. The van der Waals surface area contributed by atoms with Crippen molar-refractivity contribution in [1.82, 2.24) is 15.1 Å². The molecule has 5 heteroatoms. The van der Waals surface area contributed by atoms with E-state index in [9.17, 15) is 4.79 Å². The molecule has 0 radical (unpaired) electrons. The van der Waals surface area contributed by atoms with Gasteiger partial charge in [-0.05, 0) is 26.2 Å². The fraction of sp³-hybridized carbons (Fsp3) is 0.750. The molecule has 21 heavy (non-hydrogen) atoms. The quantitative estimate of drug-likeness (QED) is 0.819. The Morgan fingerprint density at radius 1 is 1.43 bits per heavy atom. The second-order valence-electron chi connectivity index (χ2n) is 5.75. The van der Waals surface area contributed by atoms with E-state index in [1.807, 2.05) is 20.2 Å². The normalized spacial score (nSPS) is 17.7. The molecule has 118 valence electrons. The van der Waals surface area contributed by atoms with Gasteiger partial charge in [-0.15, -0.1) is 0 Å². The smallest absolute Gasteiger partial charge is 0.327 e. The average Bonchev–Trinajstić information content (AvgIpc) is 2.87. The van der Waals surface area contributed by atoms with Crippen LogP contribution in [-0.2, 0) is 23.0 Å². The Kier molecular flexibility index (Phi) is 5.79. The van der Waals surface area contributed by atoms with Crippen LogP contribution in [0.25, 0.3) is 0 Å². The summed E-state index contributed by atoms with van der Waals surface area (Å²) in [5.41, 5.74) is 1.93. The zero-order valence-electron chi connectivity index (χ0n) is 13.4. The lowest BCUT2D eigenvalue weighted by Crippen LogP contribution is -2.39. The summed E-state index contributed by atoms with van der Waals surface area (Å²) in [7, 11) is 1.89. The van der Waals surface area contributed by atoms with Gasteiger partial charge in [0.25, 0.3) is 0 Å². The second kappa shape index (κ2) is 7.59. The monoisotopic (exact) mass is 293 g/mol. The summed E-state index contributed by atoms with van der Waals surface area (Å²) in [5.74, 6) is -0.189. The van der Waals surface area contributed by atoms with Crippen molar-refractivity contribution < 1.29 is 9.53 Å². The lowest BCUT2D eigenvalue weighted by atomic mass is 9.94. The summed E-state index contributed by atoms with van der Waals surface area (Å²) >= 11 is 0. The number of carbonyl (C=O) groups is 1. The van der Waals surface area contributed by atoms with Gasteiger partial charge in [-0.25, -0.2) is 4.79 Å². The third-order valence-corrected chi connectivity index (χ3v) is 4.11. The standard InChI is InChI=1S/C16H27N3O2/c1-4-14-13(11-19(3)18-14)15(16(20)21-5-2)17-12-9-7-6-8-10-12/h11-12,15,17H,4-10H2,1-3H3. The average molecular weight is 293 g/mol. The first kappa shape index (κ1) is 16.0. The third kappa shape index (κ3) is 4.06. The maximum atomic E-state index is 12.4. The number of rotatable bonds is 6. The SMILES string of the molecule is CCOC(=O)C(NC1CCCCC1)c1cn(C)nc1CC. The molecule has 1 saturated carbocycles. The summed E-state index contributed by atoms with van der Waals surface area (Å²) in [6.07, 6.45) is 8.81. The highest BCUT2D eigenvalue weighted by atomic mass is 16.5. The van der Waals surface area contributed by atoms with Crippen LogP contribution in [0.4, 0.5) is 0 Å². The summed E-state index contributed by atoms with van der Waals surface area (Å²) in [5, 5.41) is 7.97. The molecule has 5 nitrogen and oxygen atoms in total. The summed E-state index contributed by atoms with van der Waals surface area (Å²) in [4.78, 5) is 12.4. The first-order chi connectivity index (χ1) is 10.2. The minimum Gasteiger partial charge on any atom is -0.465 e. The Balaban J connectivity index is 2.19. The molecule has 0 spiro atoms. The summed E-state index contributed by atoms with van der Waals surface area (Å²) in [6, 6.07) is 0.00904. The van der Waals surface area contributed by atoms with Crippen molar-refractivity contribution in [3.63, 3.8) is 0 Å². The van der Waals surface area contributed by atoms with Crippen LogP contribution in [0, 0.1) is 0 Å². The topological polar surface area (TPSA) is 56.1 Å². The minimum atomic E-state index is -0.392. The number of hydrogen-bond acceptors (Lipinski definition) is 4. The molecular formula is C16H27N3O2. The fourth-order valence-corrected chi connectivity index (χ4v) is 3.08. The molecule has 2 rings (SSSR count). The number of carbonyl (C=O) groups excluding carboxylic acids is 1. The molecule has 1 aromatic rings. The number of esters is 1. The predicted molar refractivity (Wildman–Crippen MR) is 82.0 cm³/mol. The van der Waals surface area contributed by atoms with Crippen LogP contribution < -0.4 is 5.32 Å². The van der Waals surface area contributed by atoms with E-state index in [0.29, 0.717) is 12.6 Å². The van der Waals surface area contributed by atoms with Crippen LogP contribution in [0.5, 0.6) is 0 Å². The third-order valence-electron chi connectivity index (χ3n) is 4.11. The molecule has 1 aliphatic rings. The van der Waals surface area contributed by atoms with E-state index in [1.165, 1.54) is 19.3 Å². The van der Waals surface area contributed by atoms with Crippen molar-refractivity contribution in [2.45, 2.75) is 64.5 Å². The van der Waals surface area contributed by atoms with Crippen molar-refractivity contribution in [1.29, 1.82) is 0 Å².